The van der Waals surface area contributed by atoms with E-state index >= 15 is 0 Å². The quantitative estimate of drug-likeness (QED) is 0.0309. The molecule has 0 saturated carbocycles. The van der Waals surface area contributed by atoms with E-state index < -0.39 is 32.5 Å². The van der Waals surface area contributed by atoms with E-state index in [-0.39, 0.29) is 32.6 Å². The Labute approximate surface area is 269 Å². The number of allylic oxidation sites excluding steroid dienone is 2. The lowest BCUT2D eigenvalue weighted by atomic mass is 10.1. The minimum absolute atomic E-state index is 0.0545. The maximum Gasteiger partial charge on any atom is 0.472 e. The number of hydrogen-bond donors (Lipinski definition) is 2. The zero-order valence-corrected chi connectivity index (χ0v) is 29.0. The standard InChI is InChI=1S/C34H66NO8P/c1-3-5-7-9-10-11-12-13-14-15-16-17-18-19-20-21-23-25-27-34(37)43-32(31-42-44(38,39)41-29-28-35)30-40-33(36)26-24-22-8-6-4-2/h14-15,32H,3-13,16-31,35H2,1-2H3,(H,38,39)/b15-14-. The number of esters is 2. The molecule has 0 aromatic rings. The van der Waals surface area contributed by atoms with E-state index in [4.69, 9.17) is 24.3 Å². The van der Waals surface area contributed by atoms with Crippen LogP contribution in [0, 0.1) is 0 Å². The van der Waals surface area contributed by atoms with Gasteiger partial charge in [-0.1, -0.05) is 122 Å². The first-order valence-electron chi connectivity index (χ1n) is 17.7. The average Bonchev–Trinajstić information content (AvgIpc) is 3.00. The topological polar surface area (TPSA) is 134 Å². The first kappa shape index (κ1) is 42.8. The summed E-state index contributed by atoms with van der Waals surface area (Å²) in [6, 6.07) is 0. The van der Waals surface area contributed by atoms with Crippen LogP contribution in [-0.2, 0) is 32.7 Å². The van der Waals surface area contributed by atoms with Crippen molar-refractivity contribution >= 4 is 19.8 Å². The Balaban J connectivity index is 4.10. The van der Waals surface area contributed by atoms with Crippen molar-refractivity contribution in [3.63, 3.8) is 0 Å². The first-order valence-corrected chi connectivity index (χ1v) is 19.2. The summed E-state index contributed by atoms with van der Waals surface area (Å²) in [5.41, 5.74) is 5.30. The van der Waals surface area contributed by atoms with Crippen molar-refractivity contribution in [2.45, 2.75) is 168 Å². The van der Waals surface area contributed by atoms with Crippen LogP contribution in [0.4, 0.5) is 0 Å². The lowest BCUT2D eigenvalue weighted by molar-refractivity contribution is -0.161. The summed E-state index contributed by atoms with van der Waals surface area (Å²) in [5, 5.41) is 0. The van der Waals surface area contributed by atoms with Crippen LogP contribution >= 0.6 is 7.82 Å². The molecule has 2 atom stereocenters. The Hall–Kier alpha value is -1.25. The van der Waals surface area contributed by atoms with Crippen molar-refractivity contribution in [2.24, 2.45) is 5.73 Å². The third-order valence-electron chi connectivity index (χ3n) is 7.40. The van der Waals surface area contributed by atoms with Crippen molar-refractivity contribution in [1.29, 1.82) is 0 Å². The summed E-state index contributed by atoms with van der Waals surface area (Å²) >= 11 is 0. The smallest absolute Gasteiger partial charge is 0.462 e. The summed E-state index contributed by atoms with van der Waals surface area (Å²) < 4.78 is 32.4. The van der Waals surface area contributed by atoms with E-state index in [0.717, 1.165) is 57.8 Å². The summed E-state index contributed by atoms with van der Waals surface area (Å²) in [7, 11) is -4.35. The van der Waals surface area contributed by atoms with E-state index in [0.29, 0.717) is 6.42 Å². The second-order valence-electron chi connectivity index (χ2n) is 11.7. The molecular weight excluding hydrogens is 581 g/mol. The molecule has 0 amide bonds. The molecule has 9 nitrogen and oxygen atoms in total. The predicted octanol–water partition coefficient (Wildman–Crippen LogP) is 9.10. The van der Waals surface area contributed by atoms with Gasteiger partial charge in [-0.15, -0.1) is 0 Å². The van der Waals surface area contributed by atoms with Crippen molar-refractivity contribution in [3.05, 3.63) is 12.2 Å². The van der Waals surface area contributed by atoms with E-state index in [1.165, 1.54) is 70.6 Å². The summed E-state index contributed by atoms with van der Waals surface area (Å²) in [5.74, 6) is -0.846. The summed E-state index contributed by atoms with van der Waals surface area (Å²) in [4.78, 5) is 34.3. The molecule has 0 aromatic carbocycles. The second-order valence-corrected chi connectivity index (χ2v) is 13.2. The van der Waals surface area contributed by atoms with Gasteiger partial charge in [-0.05, 0) is 38.5 Å². The molecule has 0 saturated heterocycles. The fourth-order valence-corrected chi connectivity index (χ4v) is 5.51. The van der Waals surface area contributed by atoms with Crippen molar-refractivity contribution in [3.8, 4) is 0 Å². The van der Waals surface area contributed by atoms with E-state index in [1.54, 1.807) is 0 Å². The number of nitrogens with two attached hydrogens (primary N) is 1. The molecule has 44 heavy (non-hydrogen) atoms. The Kier molecular flexibility index (Phi) is 30.8. The molecule has 260 valence electrons. The van der Waals surface area contributed by atoms with Gasteiger partial charge in [0, 0.05) is 19.4 Å². The lowest BCUT2D eigenvalue weighted by Gasteiger charge is -2.19. The highest BCUT2D eigenvalue weighted by Crippen LogP contribution is 2.43. The molecule has 0 aromatic heterocycles. The number of phosphoric acid groups is 1. The Morgan fingerprint density at radius 2 is 1.11 bits per heavy atom. The number of carbonyl (C=O) groups excluding carboxylic acids is 2. The summed E-state index contributed by atoms with van der Waals surface area (Å²) in [6.07, 6.45) is 28.6. The molecule has 0 bridgehead atoms. The van der Waals surface area contributed by atoms with Gasteiger partial charge in [0.2, 0.25) is 0 Å². The summed E-state index contributed by atoms with van der Waals surface area (Å²) in [6.45, 7) is 3.62. The number of phosphoric ester groups is 1. The van der Waals surface area contributed by atoms with Gasteiger partial charge in [0.25, 0.3) is 0 Å². The second kappa shape index (κ2) is 31.7. The molecule has 0 radical (unpaired) electrons. The van der Waals surface area contributed by atoms with Crippen molar-refractivity contribution in [1.82, 2.24) is 0 Å². The van der Waals surface area contributed by atoms with E-state index in [2.05, 4.69) is 26.0 Å². The van der Waals surface area contributed by atoms with Crippen LogP contribution in [0.15, 0.2) is 12.2 Å². The number of rotatable bonds is 33. The van der Waals surface area contributed by atoms with Crippen LogP contribution < -0.4 is 5.73 Å². The average molecular weight is 648 g/mol. The molecule has 0 rings (SSSR count). The Morgan fingerprint density at radius 1 is 0.659 bits per heavy atom. The monoisotopic (exact) mass is 647 g/mol. The molecule has 0 fully saturated rings. The molecule has 0 aliphatic carbocycles. The lowest BCUT2D eigenvalue weighted by Crippen LogP contribution is -2.29. The SMILES string of the molecule is CCCCCCCCC/C=C\CCCCCCCCCC(=O)OC(COC(=O)CCCCCCC)COP(=O)(O)OCCN. The van der Waals surface area contributed by atoms with Gasteiger partial charge < -0.3 is 20.1 Å². The van der Waals surface area contributed by atoms with E-state index in [9.17, 15) is 19.0 Å². The van der Waals surface area contributed by atoms with Crippen LogP contribution in [0.5, 0.6) is 0 Å². The molecule has 2 unspecified atom stereocenters. The predicted molar refractivity (Wildman–Crippen MR) is 178 cm³/mol. The first-order chi connectivity index (χ1) is 21.3. The van der Waals surface area contributed by atoms with Gasteiger partial charge in [-0.3, -0.25) is 18.6 Å². The highest BCUT2D eigenvalue weighted by atomic mass is 31.2. The normalized spacial score (nSPS) is 13.6. The Bertz CT molecular complexity index is 749. The zero-order valence-electron chi connectivity index (χ0n) is 28.2. The number of carbonyl (C=O) groups is 2. The molecule has 0 aliphatic rings. The van der Waals surface area contributed by atoms with Crippen LogP contribution in [0.25, 0.3) is 0 Å². The minimum Gasteiger partial charge on any atom is -0.462 e. The Morgan fingerprint density at radius 3 is 1.61 bits per heavy atom. The number of ether oxygens (including phenoxy) is 2. The van der Waals surface area contributed by atoms with Gasteiger partial charge >= 0.3 is 19.8 Å². The molecule has 10 heteroatoms. The third kappa shape index (κ3) is 30.8. The molecule has 0 heterocycles. The van der Waals surface area contributed by atoms with Gasteiger partial charge in [0.15, 0.2) is 6.10 Å². The maximum atomic E-state index is 12.4. The van der Waals surface area contributed by atoms with Crippen LogP contribution in [-0.4, -0.2) is 49.3 Å². The van der Waals surface area contributed by atoms with Gasteiger partial charge in [0.1, 0.15) is 6.61 Å². The van der Waals surface area contributed by atoms with E-state index in [1.807, 2.05) is 0 Å². The van der Waals surface area contributed by atoms with Gasteiger partial charge in [-0.2, -0.15) is 0 Å². The largest absolute Gasteiger partial charge is 0.472 e. The number of unbranched alkanes of at least 4 members (excludes halogenated alkanes) is 18. The van der Waals surface area contributed by atoms with Crippen LogP contribution in [0.3, 0.4) is 0 Å². The minimum atomic E-state index is -4.35. The molecule has 0 aliphatic heterocycles. The van der Waals surface area contributed by atoms with Gasteiger partial charge in [0.05, 0.1) is 13.2 Å². The van der Waals surface area contributed by atoms with Crippen molar-refractivity contribution in [2.75, 3.05) is 26.4 Å². The fraction of sp³-hybridized carbons (Fsp3) is 0.882. The number of hydrogen-bond acceptors (Lipinski definition) is 8. The molecular formula is C34H66NO8P. The van der Waals surface area contributed by atoms with Gasteiger partial charge in [-0.25, -0.2) is 4.57 Å². The molecule has 0 spiro atoms. The van der Waals surface area contributed by atoms with Crippen LogP contribution in [0.2, 0.25) is 0 Å². The zero-order chi connectivity index (χ0) is 32.6. The highest BCUT2D eigenvalue weighted by Gasteiger charge is 2.25. The fourth-order valence-electron chi connectivity index (χ4n) is 4.74. The highest BCUT2D eigenvalue weighted by molar-refractivity contribution is 7.47. The third-order valence-corrected chi connectivity index (χ3v) is 8.39. The van der Waals surface area contributed by atoms with Crippen LogP contribution in [0.1, 0.15) is 162 Å². The molecule has 3 N–H and O–H groups in total. The maximum absolute atomic E-state index is 12.4. The van der Waals surface area contributed by atoms with Crippen molar-refractivity contribution < 1.29 is 37.6 Å².